The van der Waals surface area contributed by atoms with Gasteiger partial charge in [0.25, 0.3) is 5.91 Å². The number of morpholine rings is 1. The number of amides is 1. The summed E-state index contributed by atoms with van der Waals surface area (Å²) < 4.78 is 10.7. The van der Waals surface area contributed by atoms with E-state index in [1.807, 2.05) is 35.2 Å². The largest absolute Gasteiger partial charge is 0.378 e. The predicted molar refractivity (Wildman–Crippen MR) is 61.5 cm³/mol. The molecule has 0 aromatic heterocycles. The van der Waals surface area contributed by atoms with E-state index in [-0.39, 0.29) is 18.1 Å². The zero-order valence-electron chi connectivity index (χ0n) is 9.54. The summed E-state index contributed by atoms with van der Waals surface area (Å²) in [6.07, 6.45) is -0.331. The minimum Gasteiger partial charge on any atom is -0.378 e. The topological polar surface area (TPSA) is 42.1 Å². The third kappa shape index (κ3) is 2.18. The van der Waals surface area contributed by atoms with Crippen LogP contribution in [0.1, 0.15) is 11.7 Å². The van der Waals surface area contributed by atoms with Crippen LogP contribution in [0, 0.1) is 0 Å². The van der Waals surface area contributed by atoms with Gasteiger partial charge >= 0.3 is 0 Å². The van der Waals surface area contributed by atoms with Crippen LogP contribution in [-0.2, 0) is 14.3 Å². The molecule has 0 bridgehead atoms. The van der Waals surface area contributed by atoms with Gasteiger partial charge in [0.05, 0.1) is 13.2 Å². The normalized spacial score (nSPS) is 27.9. The van der Waals surface area contributed by atoms with Crippen molar-refractivity contribution in [2.45, 2.75) is 12.2 Å². The van der Waals surface area contributed by atoms with Gasteiger partial charge in [-0.15, -0.1) is 0 Å². The van der Waals surface area contributed by atoms with Gasteiger partial charge in [0.15, 0.2) is 6.10 Å². The molecule has 1 aromatic carbocycles. The molecule has 90 valence electrons. The van der Waals surface area contributed by atoms with Crippen LogP contribution in [0.2, 0.25) is 0 Å². The molecule has 2 aliphatic heterocycles. The molecular weight excluding hydrogens is 218 g/mol. The Bertz CT molecular complexity index is 400. The molecule has 2 atom stereocenters. The summed E-state index contributed by atoms with van der Waals surface area (Å²) in [5, 5.41) is 0. The van der Waals surface area contributed by atoms with Crippen molar-refractivity contribution in [2.24, 2.45) is 0 Å². The van der Waals surface area contributed by atoms with Crippen LogP contribution in [0.25, 0.3) is 0 Å². The second-order valence-corrected chi connectivity index (χ2v) is 4.33. The van der Waals surface area contributed by atoms with Gasteiger partial charge in [0.2, 0.25) is 0 Å². The molecule has 2 saturated heterocycles. The molecule has 0 saturated carbocycles. The number of hydrogen-bond donors (Lipinski definition) is 0. The third-order valence-corrected chi connectivity index (χ3v) is 3.19. The number of carbonyl (C=O) groups is 1. The molecular formula is C13H15NO3. The van der Waals surface area contributed by atoms with Crippen molar-refractivity contribution in [3.8, 4) is 0 Å². The molecule has 0 radical (unpaired) electrons. The fraction of sp³-hybridized carbons (Fsp3) is 0.462. The first-order valence-electron chi connectivity index (χ1n) is 5.93. The van der Waals surface area contributed by atoms with Crippen molar-refractivity contribution in [3.63, 3.8) is 0 Å². The molecule has 4 heteroatoms. The zero-order chi connectivity index (χ0) is 11.7. The summed E-state index contributed by atoms with van der Waals surface area (Å²) in [4.78, 5) is 13.9. The summed E-state index contributed by atoms with van der Waals surface area (Å²) in [5.41, 5.74) is 1.08. The number of ether oxygens (including phenoxy) is 2. The van der Waals surface area contributed by atoms with Gasteiger partial charge in [-0.1, -0.05) is 30.3 Å². The lowest BCUT2D eigenvalue weighted by Gasteiger charge is -2.26. The molecule has 2 aliphatic rings. The smallest absolute Gasteiger partial charge is 0.254 e. The van der Waals surface area contributed by atoms with Gasteiger partial charge in [-0.2, -0.15) is 0 Å². The fourth-order valence-electron chi connectivity index (χ4n) is 2.16. The Morgan fingerprint density at radius 2 is 1.88 bits per heavy atom. The first-order chi connectivity index (χ1) is 8.36. The molecule has 1 aromatic rings. The molecule has 3 rings (SSSR count). The van der Waals surface area contributed by atoms with Crippen LogP contribution in [0.4, 0.5) is 0 Å². The van der Waals surface area contributed by atoms with E-state index in [1.165, 1.54) is 0 Å². The number of nitrogens with zero attached hydrogens (tertiary/aromatic N) is 1. The van der Waals surface area contributed by atoms with Gasteiger partial charge < -0.3 is 14.4 Å². The minimum absolute atomic E-state index is 0.0495. The van der Waals surface area contributed by atoms with Crippen molar-refractivity contribution in [2.75, 3.05) is 26.3 Å². The Hall–Kier alpha value is -1.39. The number of benzene rings is 1. The molecule has 17 heavy (non-hydrogen) atoms. The maximum Gasteiger partial charge on any atom is 0.254 e. The Kier molecular flexibility index (Phi) is 2.82. The average molecular weight is 233 g/mol. The van der Waals surface area contributed by atoms with E-state index in [1.54, 1.807) is 0 Å². The number of epoxide rings is 1. The maximum atomic E-state index is 12.1. The summed E-state index contributed by atoms with van der Waals surface area (Å²) in [6, 6.07) is 9.89. The van der Waals surface area contributed by atoms with Crippen molar-refractivity contribution in [3.05, 3.63) is 35.9 Å². The minimum atomic E-state index is -0.282. The van der Waals surface area contributed by atoms with E-state index in [9.17, 15) is 4.79 Å². The van der Waals surface area contributed by atoms with Crippen LogP contribution >= 0.6 is 0 Å². The highest BCUT2D eigenvalue weighted by Gasteiger charge is 2.47. The van der Waals surface area contributed by atoms with E-state index in [4.69, 9.17) is 9.47 Å². The Labute approximate surface area is 100 Å². The lowest BCUT2D eigenvalue weighted by molar-refractivity contribution is -0.136. The molecule has 0 unspecified atom stereocenters. The molecule has 0 spiro atoms. The Morgan fingerprint density at radius 1 is 1.18 bits per heavy atom. The van der Waals surface area contributed by atoms with Crippen molar-refractivity contribution < 1.29 is 14.3 Å². The van der Waals surface area contributed by atoms with Gasteiger partial charge in [-0.25, -0.2) is 0 Å². The molecule has 2 fully saturated rings. The van der Waals surface area contributed by atoms with E-state index >= 15 is 0 Å². The summed E-state index contributed by atoms with van der Waals surface area (Å²) >= 11 is 0. The Morgan fingerprint density at radius 3 is 2.59 bits per heavy atom. The molecule has 4 nitrogen and oxygen atoms in total. The van der Waals surface area contributed by atoms with Crippen LogP contribution in [-0.4, -0.2) is 43.2 Å². The van der Waals surface area contributed by atoms with Crippen LogP contribution in [0.3, 0.4) is 0 Å². The first kappa shape index (κ1) is 10.7. The first-order valence-corrected chi connectivity index (χ1v) is 5.93. The van der Waals surface area contributed by atoms with Crippen LogP contribution < -0.4 is 0 Å². The monoisotopic (exact) mass is 233 g/mol. The van der Waals surface area contributed by atoms with Gasteiger partial charge in [-0.3, -0.25) is 4.79 Å². The SMILES string of the molecule is O=C([C@@H]1O[C@@H]1c1ccccc1)N1CCOCC1. The lowest BCUT2D eigenvalue weighted by Crippen LogP contribution is -2.42. The van der Waals surface area contributed by atoms with Crippen LogP contribution in [0.15, 0.2) is 30.3 Å². The van der Waals surface area contributed by atoms with E-state index in [0.717, 1.165) is 5.56 Å². The van der Waals surface area contributed by atoms with E-state index in [2.05, 4.69) is 0 Å². The van der Waals surface area contributed by atoms with Gasteiger partial charge in [-0.05, 0) is 5.56 Å². The standard InChI is InChI=1S/C13H15NO3/c15-13(14-6-8-16-9-7-14)12-11(17-12)10-4-2-1-3-5-10/h1-5,11-12H,6-9H2/t11-,12-/m1/s1. The summed E-state index contributed by atoms with van der Waals surface area (Å²) in [7, 11) is 0. The van der Waals surface area contributed by atoms with E-state index in [0.29, 0.717) is 26.3 Å². The third-order valence-electron chi connectivity index (χ3n) is 3.19. The number of carbonyl (C=O) groups excluding carboxylic acids is 1. The highest BCUT2D eigenvalue weighted by molar-refractivity contribution is 5.84. The van der Waals surface area contributed by atoms with E-state index < -0.39 is 0 Å². The van der Waals surface area contributed by atoms with Gasteiger partial charge in [0, 0.05) is 13.1 Å². The number of rotatable bonds is 2. The number of hydrogen-bond acceptors (Lipinski definition) is 3. The summed E-state index contributed by atoms with van der Waals surface area (Å²) in [6.45, 7) is 2.63. The quantitative estimate of drug-likeness (QED) is 0.715. The highest BCUT2D eigenvalue weighted by Crippen LogP contribution is 2.39. The Balaban J connectivity index is 1.62. The average Bonchev–Trinajstić information content (AvgIpc) is 3.20. The summed E-state index contributed by atoms with van der Waals surface area (Å²) in [5.74, 6) is 0.0992. The van der Waals surface area contributed by atoms with Crippen LogP contribution in [0.5, 0.6) is 0 Å². The fourth-order valence-corrected chi connectivity index (χ4v) is 2.16. The zero-order valence-corrected chi connectivity index (χ0v) is 9.54. The highest BCUT2D eigenvalue weighted by atomic mass is 16.6. The molecule has 2 heterocycles. The maximum absolute atomic E-state index is 12.1. The van der Waals surface area contributed by atoms with Crippen molar-refractivity contribution in [1.29, 1.82) is 0 Å². The molecule has 0 aliphatic carbocycles. The van der Waals surface area contributed by atoms with Crippen molar-refractivity contribution in [1.82, 2.24) is 4.90 Å². The van der Waals surface area contributed by atoms with Crippen molar-refractivity contribution >= 4 is 5.91 Å². The van der Waals surface area contributed by atoms with Gasteiger partial charge in [0.1, 0.15) is 6.10 Å². The predicted octanol–water partition coefficient (Wildman–Crippen LogP) is 0.985. The second kappa shape index (κ2) is 4.47. The second-order valence-electron chi connectivity index (χ2n) is 4.33. The molecule has 1 amide bonds. The molecule has 0 N–H and O–H groups in total. The lowest BCUT2D eigenvalue weighted by atomic mass is 10.1.